The van der Waals surface area contributed by atoms with E-state index in [1.807, 2.05) is 6.07 Å². The van der Waals surface area contributed by atoms with Gasteiger partial charge in [0.25, 0.3) is 5.88 Å². The summed E-state index contributed by atoms with van der Waals surface area (Å²) in [7, 11) is 0. The summed E-state index contributed by atoms with van der Waals surface area (Å²) in [6.07, 6.45) is 6.55. The highest BCUT2D eigenvalue weighted by atomic mass is 19.1. The summed E-state index contributed by atoms with van der Waals surface area (Å²) in [5.74, 6) is -0.397. The van der Waals surface area contributed by atoms with Crippen molar-refractivity contribution in [3.8, 4) is 5.88 Å². The molecule has 1 saturated heterocycles. The minimum atomic E-state index is -0.445. The maximum atomic E-state index is 13.6. The van der Waals surface area contributed by atoms with Crippen LogP contribution in [-0.2, 0) is 6.61 Å². The zero-order valence-corrected chi connectivity index (χ0v) is 12.2. The first-order valence-corrected chi connectivity index (χ1v) is 7.34. The van der Waals surface area contributed by atoms with Crippen LogP contribution in [0.5, 0.6) is 5.88 Å². The number of aliphatic hydroxyl groups is 1. The largest absolute Gasteiger partial charge is 0.470 e. The molecule has 0 amide bonds. The molecule has 1 aliphatic heterocycles. The molecule has 2 aromatic heterocycles. The molecule has 0 aromatic carbocycles. The summed E-state index contributed by atoms with van der Waals surface area (Å²) in [5, 5.41) is 9.43. The molecule has 3 rings (SSSR count). The van der Waals surface area contributed by atoms with Gasteiger partial charge in [-0.2, -0.15) is 0 Å². The zero-order chi connectivity index (χ0) is 15.4. The molecule has 1 fully saturated rings. The van der Waals surface area contributed by atoms with Crippen molar-refractivity contribution in [1.29, 1.82) is 0 Å². The van der Waals surface area contributed by atoms with Crippen molar-refractivity contribution in [3.05, 3.63) is 48.2 Å². The zero-order valence-electron chi connectivity index (χ0n) is 12.2. The Labute approximate surface area is 128 Å². The third-order valence-electron chi connectivity index (χ3n) is 3.77. The first-order valence-electron chi connectivity index (χ1n) is 7.34. The van der Waals surface area contributed by atoms with E-state index in [1.54, 1.807) is 18.5 Å². The second-order valence-electron chi connectivity index (χ2n) is 5.28. The Morgan fingerprint density at radius 1 is 1.36 bits per heavy atom. The predicted octanol–water partition coefficient (Wildman–Crippen LogP) is 2.16. The van der Waals surface area contributed by atoms with E-state index in [2.05, 4.69) is 14.9 Å². The van der Waals surface area contributed by atoms with Crippen LogP contribution >= 0.6 is 0 Å². The molecule has 2 aromatic rings. The SMILES string of the molecule is OCc1cnccc1N1CCCC(Oc2ncccc2F)C1. The van der Waals surface area contributed by atoms with E-state index in [-0.39, 0.29) is 18.6 Å². The molecular weight excluding hydrogens is 285 g/mol. The summed E-state index contributed by atoms with van der Waals surface area (Å²) in [5.41, 5.74) is 1.74. The summed E-state index contributed by atoms with van der Waals surface area (Å²) in [6, 6.07) is 4.77. The Morgan fingerprint density at radius 2 is 2.27 bits per heavy atom. The standard InChI is InChI=1S/C16H18FN3O2/c17-14-4-1-6-19-16(14)22-13-3-2-8-20(10-13)15-5-7-18-9-12(15)11-21/h1,4-7,9,13,21H,2-3,8,10-11H2. The van der Waals surface area contributed by atoms with Crippen LogP contribution in [0.3, 0.4) is 0 Å². The van der Waals surface area contributed by atoms with Gasteiger partial charge in [0, 0.05) is 36.4 Å². The van der Waals surface area contributed by atoms with Gasteiger partial charge < -0.3 is 14.7 Å². The lowest BCUT2D eigenvalue weighted by Gasteiger charge is -2.35. The van der Waals surface area contributed by atoms with Crippen molar-refractivity contribution < 1.29 is 14.2 Å². The number of ether oxygens (including phenoxy) is 1. The van der Waals surface area contributed by atoms with Gasteiger partial charge in [0.15, 0.2) is 5.82 Å². The van der Waals surface area contributed by atoms with Crippen LogP contribution in [0.25, 0.3) is 0 Å². The minimum absolute atomic E-state index is 0.0476. The Balaban J connectivity index is 1.73. The van der Waals surface area contributed by atoms with Crippen LogP contribution in [0.2, 0.25) is 0 Å². The van der Waals surface area contributed by atoms with E-state index in [0.29, 0.717) is 6.54 Å². The molecule has 22 heavy (non-hydrogen) atoms. The molecule has 1 aliphatic rings. The molecule has 1 unspecified atom stereocenters. The lowest BCUT2D eigenvalue weighted by atomic mass is 10.1. The number of aromatic nitrogens is 2. The van der Waals surface area contributed by atoms with Crippen LogP contribution in [0.1, 0.15) is 18.4 Å². The lowest BCUT2D eigenvalue weighted by Crippen LogP contribution is -2.41. The van der Waals surface area contributed by atoms with Crippen molar-refractivity contribution in [3.63, 3.8) is 0 Å². The van der Waals surface area contributed by atoms with E-state index in [0.717, 1.165) is 30.6 Å². The highest BCUT2D eigenvalue weighted by Crippen LogP contribution is 2.25. The van der Waals surface area contributed by atoms with Gasteiger partial charge in [-0.1, -0.05) is 0 Å². The molecule has 1 atom stereocenters. The number of aliphatic hydroxyl groups excluding tert-OH is 1. The van der Waals surface area contributed by atoms with E-state index < -0.39 is 5.82 Å². The average molecular weight is 303 g/mol. The average Bonchev–Trinajstić information content (AvgIpc) is 2.57. The van der Waals surface area contributed by atoms with Gasteiger partial charge in [-0.05, 0) is 31.0 Å². The molecule has 0 radical (unpaired) electrons. The Bertz CT molecular complexity index is 638. The molecule has 1 N–H and O–H groups in total. The summed E-state index contributed by atoms with van der Waals surface area (Å²) in [4.78, 5) is 10.1. The third-order valence-corrected chi connectivity index (χ3v) is 3.77. The van der Waals surface area contributed by atoms with E-state index in [1.165, 1.54) is 12.3 Å². The lowest BCUT2D eigenvalue weighted by molar-refractivity contribution is 0.164. The van der Waals surface area contributed by atoms with Gasteiger partial charge in [-0.15, -0.1) is 0 Å². The normalized spacial score (nSPS) is 18.3. The van der Waals surface area contributed by atoms with Gasteiger partial charge in [0.05, 0.1) is 13.2 Å². The van der Waals surface area contributed by atoms with Gasteiger partial charge >= 0.3 is 0 Å². The summed E-state index contributed by atoms with van der Waals surface area (Å²) >= 11 is 0. The Kier molecular flexibility index (Phi) is 4.48. The number of hydrogen-bond acceptors (Lipinski definition) is 5. The second kappa shape index (κ2) is 6.70. The highest BCUT2D eigenvalue weighted by molar-refractivity contribution is 5.52. The number of pyridine rings is 2. The van der Waals surface area contributed by atoms with Crippen molar-refractivity contribution in [2.24, 2.45) is 0 Å². The van der Waals surface area contributed by atoms with Gasteiger partial charge in [-0.25, -0.2) is 9.37 Å². The fourth-order valence-electron chi connectivity index (χ4n) is 2.72. The number of anilines is 1. The van der Waals surface area contributed by atoms with Crippen LogP contribution in [0, 0.1) is 5.82 Å². The monoisotopic (exact) mass is 303 g/mol. The molecule has 116 valence electrons. The molecule has 0 spiro atoms. The van der Waals surface area contributed by atoms with Crippen molar-refractivity contribution in [2.75, 3.05) is 18.0 Å². The van der Waals surface area contributed by atoms with Crippen molar-refractivity contribution >= 4 is 5.69 Å². The fourth-order valence-corrected chi connectivity index (χ4v) is 2.72. The summed E-state index contributed by atoms with van der Waals surface area (Å²) < 4.78 is 19.3. The summed E-state index contributed by atoms with van der Waals surface area (Å²) in [6.45, 7) is 1.45. The maximum Gasteiger partial charge on any atom is 0.250 e. The van der Waals surface area contributed by atoms with E-state index in [9.17, 15) is 9.50 Å². The Hall–Kier alpha value is -2.21. The first-order chi connectivity index (χ1) is 10.8. The number of rotatable bonds is 4. The first kappa shape index (κ1) is 14.7. The molecular formula is C16H18FN3O2. The van der Waals surface area contributed by atoms with Crippen LogP contribution in [0.4, 0.5) is 10.1 Å². The van der Waals surface area contributed by atoms with Gasteiger partial charge in [0.1, 0.15) is 6.10 Å². The molecule has 6 heteroatoms. The molecule has 0 saturated carbocycles. The van der Waals surface area contributed by atoms with E-state index >= 15 is 0 Å². The third kappa shape index (κ3) is 3.17. The molecule has 3 heterocycles. The predicted molar refractivity (Wildman–Crippen MR) is 80.2 cm³/mol. The van der Waals surface area contributed by atoms with Gasteiger partial charge in [-0.3, -0.25) is 4.98 Å². The van der Waals surface area contributed by atoms with Gasteiger partial charge in [0.2, 0.25) is 0 Å². The minimum Gasteiger partial charge on any atom is -0.470 e. The van der Waals surface area contributed by atoms with Crippen LogP contribution in [0.15, 0.2) is 36.8 Å². The fraction of sp³-hybridized carbons (Fsp3) is 0.375. The maximum absolute atomic E-state index is 13.6. The van der Waals surface area contributed by atoms with Crippen LogP contribution in [-0.4, -0.2) is 34.3 Å². The Morgan fingerprint density at radius 3 is 3.09 bits per heavy atom. The molecule has 0 aliphatic carbocycles. The van der Waals surface area contributed by atoms with Crippen molar-refractivity contribution in [1.82, 2.24) is 9.97 Å². The smallest absolute Gasteiger partial charge is 0.250 e. The van der Waals surface area contributed by atoms with Crippen LogP contribution < -0.4 is 9.64 Å². The topological polar surface area (TPSA) is 58.5 Å². The molecule has 0 bridgehead atoms. The van der Waals surface area contributed by atoms with Crippen molar-refractivity contribution in [2.45, 2.75) is 25.6 Å². The number of nitrogens with zero attached hydrogens (tertiary/aromatic N) is 3. The quantitative estimate of drug-likeness (QED) is 0.938. The highest BCUT2D eigenvalue weighted by Gasteiger charge is 2.24. The van der Waals surface area contributed by atoms with E-state index in [4.69, 9.17) is 4.74 Å². The number of halogens is 1. The second-order valence-corrected chi connectivity index (χ2v) is 5.28. The molecule has 5 nitrogen and oxygen atoms in total. The number of hydrogen-bond donors (Lipinski definition) is 1. The number of piperidine rings is 1.